The van der Waals surface area contributed by atoms with Crippen LogP contribution in [0.25, 0.3) is 0 Å². The van der Waals surface area contributed by atoms with E-state index in [1.807, 2.05) is 30.3 Å². The molecule has 0 amide bonds. The predicted molar refractivity (Wildman–Crippen MR) is 83.6 cm³/mol. The zero-order valence-electron chi connectivity index (χ0n) is 12.8. The number of likely N-dealkylation sites (N-methyl/N-ethyl adjacent to an activating group) is 1. The highest BCUT2D eigenvalue weighted by Gasteiger charge is 2.27. The second kappa shape index (κ2) is 7.56. The molecule has 0 radical (unpaired) electrons. The average Bonchev–Trinajstić information content (AvgIpc) is 2.54. The van der Waals surface area contributed by atoms with Gasteiger partial charge in [-0.15, -0.1) is 0 Å². The summed E-state index contributed by atoms with van der Waals surface area (Å²) in [6.45, 7) is 2.58. The van der Waals surface area contributed by atoms with Crippen molar-refractivity contribution in [3.8, 4) is 6.07 Å². The van der Waals surface area contributed by atoms with E-state index in [4.69, 9.17) is 10.5 Å². The van der Waals surface area contributed by atoms with Gasteiger partial charge in [0.1, 0.15) is 5.54 Å². The average molecular weight is 287 g/mol. The van der Waals surface area contributed by atoms with Crippen LogP contribution in [0.15, 0.2) is 30.3 Å². The summed E-state index contributed by atoms with van der Waals surface area (Å²) in [6.07, 6.45) is 4.51. The normalized spacial score (nSPS) is 21.7. The zero-order chi connectivity index (χ0) is 15.1. The maximum Gasteiger partial charge on any atom is 0.131 e. The number of nitrogens with two attached hydrogens (primary N) is 1. The molecule has 0 aromatic heterocycles. The third-order valence-electron chi connectivity index (χ3n) is 4.17. The summed E-state index contributed by atoms with van der Waals surface area (Å²) in [5, 5.41) is 9.45. The van der Waals surface area contributed by atoms with Crippen molar-refractivity contribution >= 4 is 0 Å². The third-order valence-corrected chi connectivity index (χ3v) is 4.17. The van der Waals surface area contributed by atoms with E-state index in [1.165, 1.54) is 12.8 Å². The van der Waals surface area contributed by atoms with Crippen LogP contribution in [0.5, 0.6) is 0 Å². The summed E-state index contributed by atoms with van der Waals surface area (Å²) >= 11 is 0. The molecule has 1 aromatic rings. The Morgan fingerprint density at radius 2 is 2.14 bits per heavy atom. The fourth-order valence-electron chi connectivity index (χ4n) is 2.76. The van der Waals surface area contributed by atoms with Crippen molar-refractivity contribution in [1.29, 1.82) is 5.26 Å². The lowest BCUT2D eigenvalue weighted by Gasteiger charge is -2.29. The van der Waals surface area contributed by atoms with Crippen molar-refractivity contribution < 1.29 is 4.74 Å². The Bertz CT molecular complexity index is 465. The number of hydrogen-bond acceptors (Lipinski definition) is 4. The van der Waals surface area contributed by atoms with E-state index in [-0.39, 0.29) is 0 Å². The molecule has 4 heteroatoms. The van der Waals surface area contributed by atoms with Crippen LogP contribution in [0.4, 0.5) is 0 Å². The third kappa shape index (κ3) is 4.53. The molecule has 1 saturated heterocycles. The molecular weight excluding hydrogens is 262 g/mol. The van der Waals surface area contributed by atoms with Gasteiger partial charge in [-0.1, -0.05) is 30.3 Å². The number of hydrogen-bond donors (Lipinski definition) is 1. The van der Waals surface area contributed by atoms with E-state index >= 15 is 0 Å². The number of rotatable bonds is 6. The molecule has 0 spiro atoms. The Labute approximate surface area is 127 Å². The van der Waals surface area contributed by atoms with Crippen LogP contribution >= 0.6 is 0 Å². The van der Waals surface area contributed by atoms with E-state index in [2.05, 4.69) is 18.0 Å². The lowest BCUT2D eigenvalue weighted by atomic mass is 9.89. The van der Waals surface area contributed by atoms with Gasteiger partial charge in [-0.05, 0) is 38.3 Å². The molecule has 1 aliphatic heterocycles. The van der Waals surface area contributed by atoms with Gasteiger partial charge in [0.15, 0.2) is 0 Å². The molecule has 2 rings (SSSR count). The second-order valence-electron chi connectivity index (χ2n) is 5.95. The van der Waals surface area contributed by atoms with Crippen LogP contribution in [0.3, 0.4) is 0 Å². The van der Waals surface area contributed by atoms with Gasteiger partial charge in [-0.2, -0.15) is 5.26 Å². The quantitative estimate of drug-likeness (QED) is 0.871. The van der Waals surface area contributed by atoms with Crippen molar-refractivity contribution in [1.82, 2.24) is 4.90 Å². The molecule has 21 heavy (non-hydrogen) atoms. The molecular formula is C17H25N3O. The van der Waals surface area contributed by atoms with Crippen molar-refractivity contribution in [3.05, 3.63) is 35.9 Å². The minimum atomic E-state index is -0.914. The lowest BCUT2D eigenvalue weighted by Crippen LogP contribution is -2.40. The minimum Gasteiger partial charge on any atom is -0.377 e. The van der Waals surface area contributed by atoms with Gasteiger partial charge in [0.2, 0.25) is 0 Å². The molecule has 0 bridgehead atoms. The fraction of sp³-hybridized carbons (Fsp3) is 0.588. The Morgan fingerprint density at radius 1 is 1.38 bits per heavy atom. The molecule has 1 aliphatic rings. The Morgan fingerprint density at radius 3 is 2.76 bits per heavy atom. The number of benzene rings is 1. The number of ether oxygens (including phenoxy) is 1. The Hall–Kier alpha value is -1.41. The summed E-state index contributed by atoms with van der Waals surface area (Å²) in [6, 6.07) is 11.9. The van der Waals surface area contributed by atoms with Gasteiger partial charge < -0.3 is 15.4 Å². The number of nitriles is 1. The molecule has 0 saturated carbocycles. The maximum absolute atomic E-state index is 9.45. The van der Waals surface area contributed by atoms with Crippen molar-refractivity contribution in [2.45, 2.75) is 37.3 Å². The number of nitrogens with zero attached hydrogens (tertiary/aromatic N) is 2. The first-order valence-corrected chi connectivity index (χ1v) is 7.70. The van der Waals surface area contributed by atoms with Gasteiger partial charge in [-0.25, -0.2) is 0 Å². The Balaban J connectivity index is 1.86. The van der Waals surface area contributed by atoms with E-state index in [9.17, 15) is 5.26 Å². The van der Waals surface area contributed by atoms with E-state index < -0.39 is 5.54 Å². The highest BCUT2D eigenvalue weighted by molar-refractivity contribution is 5.30. The van der Waals surface area contributed by atoms with Crippen LogP contribution in [-0.2, 0) is 10.3 Å². The predicted octanol–water partition coefficient (Wildman–Crippen LogP) is 2.26. The monoisotopic (exact) mass is 287 g/mol. The van der Waals surface area contributed by atoms with Gasteiger partial charge in [0.05, 0.1) is 12.2 Å². The minimum absolute atomic E-state index is 0.328. The molecule has 2 atom stereocenters. The van der Waals surface area contributed by atoms with Crippen LogP contribution in [0.2, 0.25) is 0 Å². The first kappa shape index (κ1) is 16.0. The molecule has 2 unspecified atom stereocenters. The summed E-state index contributed by atoms with van der Waals surface area (Å²) in [4.78, 5) is 2.22. The summed E-state index contributed by atoms with van der Waals surface area (Å²) in [5.41, 5.74) is 6.25. The summed E-state index contributed by atoms with van der Waals surface area (Å²) in [7, 11) is 2.07. The van der Waals surface area contributed by atoms with Crippen LogP contribution in [-0.4, -0.2) is 37.7 Å². The van der Waals surface area contributed by atoms with Gasteiger partial charge in [0.25, 0.3) is 0 Å². The molecule has 1 aromatic carbocycles. The first-order chi connectivity index (χ1) is 10.1. The first-order valence-electron chi connectivity index (χ1n) is 7.70. The van der Waals surface area contributed by atoms with Crippen molar-refractivity contribution in [2.24, 2.45) is 5.73 Å². The smallest absolute Gasteiger partial charge is 0.131 e. The summed E-state index contributed by atoms with van der Waals surface area (Å²) in [5.74, 6) is 0. The van der Waals surface area contributed by atoms with Crippen LogP contribution in [0, 0.1) is 11.3 Å². The zero-order valence-corrected chi connectivity index (χ0v) is 12.8. The largest absolute Gasteiger partial charge is 0.377 e. The van der Waals surface area contributed by atoms with Crippen molar-refractivity contribution in [3.63, 3.8) is 0 Å². The van der Waals surface area contributed by atoms with Gasteiger partial charge in [0, 0.05) is 19.7 Å². The fourth-order valence-corrected chi connectivity index (χ4v) is 2.76. The standard InChI is InChI=1S/C17H25N3O/c1-20(13-16-9-5-6-12-21-16)11-10-17(19,14-18)15-7-3-2-4-8-15/h2-4,7-8,16H,5-6,9-13,19H2,1H3. The van der Waals surface area contributed by atoms with Crippen molar-refractivity contribution in [2.75, 3.05) is 26.7 Å². The molecule has 2 N–H and O–H groups in total. The highest BCUT2D eigenvalue weighted by atomic mass is 16.5. The molecule has 1 heterocycles. The molecule has 1 fully saturated rings. The summed E-state index contributed by atoms with van der Waals surface area (Å²) < 4.78 is 5.75. The SMILES string of the molecule is CN(CCC(N)(C#N)c1ccccc1)CC1CCCCO1. The molecule has 0 aliphatic carbocycles. The van der Waals surface area contributed by atoms with E-state index in [0.29, 0.717) is 12.5 Å². The molecule has 4 nitrogen and oxygen atoms in total. The Kier molecular flexibility index (Phi) is 5.75. The van der Waals surface area contributed by atoms with Crippen LogP contribution in [0.1, 0.15) is 31.2 Å². The topological polar surface area (TPSA) is 62.3 Å². The van der Waals surface area contributed by atoms with E-state index in [0.717, 1.165) is 31.7 Å². The maximum atomic E-state index is 9.45. The van der Waals surface area contributed by atoms with Gasteiger partial charge >= 0.3 is 0 Å². The molecule has 114 valence electrons. The highest BCUT2D eigenvalue weighted by Crippen LogP contribution is 2.22. The second-order valence-corrected chi connectivity index (χ2v) is 5.95. The van der Waals surface area contributed by atoms with Gasteiger partial charge in [-0.3, -0.25) is 0 Å². The van der Waals surface area contributed by atoms with Crippen LogP contribution < -0.4 is 5.73 Å². The lowest BCUT2D eigenvalue weighted by molar-refractivity contribution is -0.00204. The van der Waals surface area contributed by atoms with E-state index in [1.54, 1.807) is 0 Å².